The maximum absolute atomic E-state index is 11.9. The molecule has 0 spiro atoms. The summed E-state index contributed by atoms with van der Waals surface area (Å²) in [5.74, 6) is -0.101. The average Bonchev–Trinajstić information content (AvgIpc) is 3.14. The van der Waals surface area contributed by atoms with E-state index < -0.39 is 21.3 Å². The third-order valence-corrected chi connectivity index (χ3v) is 9.47. The van der Waals surface area contributed by atoms with E-state index in [1.807, 2.05) is 26.0 Å². The van der Waals surface area contributed by atoms with E-state index in [1.165, 1.54) is 11.1 Å². The summed E-state index contributed by atoms with van der Waals surface area (Å²) in [4.78, 5) is 14.2. The molecule has 2 aromatic rings. The van der Waals surface area contributed by atoms with Gasteiger partial charge in [-0.05, 0) is 42.2 Å². The topological polar surface area (TPSA) is 94.9 Å². The molecular formula is C27H35NO5S. The number of Topliss-reactive ketones (excluding diaryl/α,β-unsaturated/α-hetero) is 1. The van der Waals surface area contributed by atoms with Crippen molar-refractivity contribution in [3.63, 3.8) is 0 Å². The number of β-amino-alcohol motifs (C(OH)–C–C–N with tert-alkyl or cyclic N) is 1. The van der Waals surface area contributed by atoms with Crippen molar-refractivity contribution in [2.45, 2.75) is 58.2 Å². The Hall–Kier alpha value is -2.06. The van der Waals surface area contributed by atoms with Crippen molar-refractivity contribution >= 4 is 15.9 Å². The molecule has 0 aromatic heterocycles. The molecule has 2 aliphatic carbocycles. The van der Waals surface area contributed by atoms with Gasteiger partial charge in [0.05, 0.1) is 23.3 Å². The number of benzene rings is 2. The first-order chi connectivity index (χ1) is 16.0. The fourth-order valence-electron chi connectivity index (χ4n) is 6.22. The Kier molecular flexibility index (Phi) is 6.77. The Labute approximate surface area is 202 Å². The minimum Gasteiger partial charge on any atom is -0.390 e. The lowest BCUT2D eigenvalue weighted by molar-refractivity contribution is -0.128. The van der Waals surface area contributed by atoms with E-state index in [0.29, 0.717) is 12.8 Å². The maximum Gasteiger partial charge on any atom is 0.265 e. The van der Waals surface area contributed by atoms with Crippen molar-refractivity contribution in [1.29, 1.82) is 0 Å². The summed E-state index contributed by atoms with van der Waals surface area (Å²) in [5.41, 5.74) is 1.45. The summed E-state index contributed by atoms with van der Waals surface area (Å²) < 4.78 is 31.0. The van der Waals surface area contributed by atoms with Gasteiger partial charge in [0.25, 0.3) is 10.1 Å². The van der Waals surface area contributed by atoms with Crippen LogP contribution in [-0.2, 0) is 14.9 Å². The largest absolute Gasteiger partial charge is 0.390 e. The molecule has 34 heavy (non-hydrogen) atoms. The summed E-state index contributed by atoms with van der Waals surface area (Å²) in [6, 6.07) is 21.5. The number of hydrogen-bond acceptors (Lipinski definition) is 5. The Bertz CT molecular complexity index is 1080. The summed E-state index contributed by atoms with van der Waals surface area (Å²) in [6.07, 6.45) is 1.77. The normalized spacial score (nSPS) is 30.1. The van der Waals surface area contributed by atoms with Crippen LogP contribution >= 0.6 is 0 Å². The van der Waals surface area contributed by atoms with Crippen LogP contribution in [0.5, 0.6) is 0 Å². The fourth-order valence-corrected chi connectivity index (χ4v) is 7.52. The van der Waals surface area contributed by atoms with Crippen molar-refractivity contribution in [3.8, 4) is 0 Å². The van der Waals surface area contributed by atoms with Gasteiger partial charge in [0.2, 0.25) is 0 Å². The summed E-state index contributed by atoms with van der Waals surface area (Å²) in [5, 5.41) is 9.79. The summed E-state index contributed by atoms with van der Waals surface area (Å²) in [7, 11) is -4.08. The molecule has 0 amide bonds. The van der Waals surface area contributed by atoms with Gasteiger partial charge in [-0.2, -0.15) is 8.42 Å². The lowest BCUT2D eigenvalue weighted by atomic mass is 9.70. The number of nitrogens with zero attached hydrogens (tertiary/aromatic N) is 1. The first-order valence-corrected chi connectivity index (χ1v) is 13.6. The van der Waals surface area contributed by atoms with Crippen LogP contribution in [0, 0.1) is 16.7 Å². The number of rotatable bonds is 5. The molecule has 2 saturated carbocycles. The third-order valence-electron chi connectivity index (χ3n) is 8.61. The Morgan fingerprint density at radius 3 is 1.91 bits per heavy atom. The molecule has 1 heterocycles. The molecule has 2 N–H and O–H groups in total. The van der Waals surface area contributed by atoms with Gasteiger partial charge < -0.3 is 5.11 Å². The van der Waals surface area contributed by atoms with Crippen LogP contribution in [0.2, 0.25) is 0 Å². The van der Waals surface area contributed by atoms with Gasteiger partial charge in [-0.3, -0.25) is 14.2 Å². The molecule has 7 heteroatoms. The molecule has 5 rings (SSSR count). The van der Waals surface area contributed by atoms with Crippen molar-refractivity contribution < 1.29 is 22.9 Å². The molecule has 2 bridgehead atoms. The van der Waals surface area contributed by atoms with Crippen LogP contribution in [0.3, 0.4) is 0 Å². The highest BCUT2D eigenvalue weighted by molar-refractivity contribution is 7.85. The zero-order valence-electron chi connectivity index (χ0n) is 20.1. The van der Waals surface area contributed by atoms with Gasteiger partial charge in [0, 0.05) is 19.0 Å². The lowest BCUT2D eigenvalue weighted by Gasteiger charge is -2.48. The van der Waals surface area contributed by atoms with Crippen LogP contribution < -0.4 is 0 Å². The van der Waals surface area contributed by atoms with Gasteiger partial charge in [0.1, 0.15) is 5.78 Å². The van der Waals surface area contributed by atoms with Crippen molar-refractivity contribution in [1.82, 2.24) is 4.90 Å². The molecule has 1 aliphatic heterocycles. The van der Waals surface area contributed by atoms with Crippen molar-refractivity contribution in [2.24, 2.45) is 16.7 Å². The first kappa shape index (κ1) is 25.0. The van der Waals surface area contributed by atoms with E-state index in [9.17, 15) is 18.3 Å². The molecular weight excluding hydrogens is 450 g/mol. The van der Waals surface area contributed by atoms with Gasteiger partial charge >= 0.3 is 0 Å². The van der Waals surface area contributed by atoms with E-state index in [-0.39, 0.29) is 35.3 Å². The van der Waals surface area contributed by atoms with E-state index in [0.717, 1.165) is 13.0 Å². The fraction of sp³-hybridized carbons (Fsp3) is 0.519. The van der Waals surface area contributed by atoms with Gasteiger partial charge in [0.15, 0.2) is 0 Å². The number of hydrogen-bond donors (Lipinski definition) is 2. The second kappa shape index (κ2) is 9.19. The Balaban J connectivity index is 0.000000166. The molecule has 1 unspecified atom stereocenters. The van der Waals surface area contributed by atoms with Crippen molar-refractivity contribution in [2.75, 3.05) is 12.3 Å². The second-order valence-electron chi connectivity index (χ2n) is 10.6. The highest BCUT2D eigenvalue weighted by atomic mass is 32.2. The van der Waals surface area contributed by atoms with Gasteiger partial charge in [-0.15, -0.1) is 0 Å². The number of fused-ring (bicyclic) bond motifs is 2. The second-order valence-corrected chi connectivity index (χ2v) is 12.1. The van der Waals surface area contributed by atoms with Crippen LogP contribution in [0.15, 0.2) is 60.7 Å². The molecule has 6 nitrogen and oxygen atoms in total. The third kappa shape index (κ3) is 4.47. The van der Waals surface area contributed by atoms with Gasteiger partial charge in [-0.25, -0.2) is 0 Å². The zero-order chi connectivity index (χ0) is 24.7. The van der Waals surface area contributed by atoms with Crippen molar-refractivity contribution in [3.05, 3.63) is 71.8 Å². The minimum atomic E-state index is -4.08. The molecule has 2 aromatic carbocycles. The number of ketones is 1. The summed E-state index contributed by atoms with van der Waals surface area (Å²) in [6.45, 7) is 6.73. The van der Waals surface area contributed by atoms with Crippen LogP contribution in [-0.4, -0.2) is 53.2 Å². The van der Waals surface area contributed by atoms with Crippen LogP contribution in [0.1, 0.15) is 57.2 Å². The quantitative estimate of drug-likeness (QED) is 0.619. The average molecular weight is 486 g/mol. The smallest absolute Gasteiger partial charge is 0.265 e. The number of likely N-dealkylation sites (tertiary alicyclic amines) is 1. The molecule has 0 radical (unpaired) electrons. The molecule has 3 fully saturated rings. The number of aliphatic hydroxyl groups excluding tert-OH is 1. The van der Waals surface area contributed by atoms with Crippen LogP contribution in [0.25, 0.3) is 0 Å². The molecule has 3 aliphatic rings. The number of aliphatic hydroxyl groups is 1. The minimum absolute atomic E-state index is 0.0152. The Morgan fingerprint density at radius 1 is 1.03 bits per heavy atom. The molecule has 4 atom stereocenters. The molecule has 184 valence electrons. The van der Waals surface area contributed by atoms with Crippen LogP contribution in [0.4, 0.5) is 0 Å². The van der Waals surface area contributed by atoms with E-state index >= 15 is 0 Å². The number of carbonyl (C=O) groups is 1. The SMILES string of the molecule is CC1(C)[C@H]2CCC1(CS(=O)(=O)O)C(=O)C2.C[C@H]1[C@H](O)CN1C(c1ccccc1)c1ccccc1. The zero-order valence-corrected chi connectivity index (χ0v) is 20.9. The predicted molar refractivity (Wildman–Crippen MR) is 132 cm³/mol. The maximum atomic E-state index is 11.9. The number of carbonyl (C=O) groups excluding carboxylic acids is 1. The van der Waals surface area contributed by atoms with E-state index in [4.69, 9.17) is 4.55 Å². The Morgan fingerprint density at radius 2 is 1.56 bits per heavy atom. The monoisotopic (exact) mass is 485 g/mol. The highest BCUT2D eigenvalue weighted by Gasteiger charge is 2.65. The summed E-state index contributed by atoms with van der Waals surface area (Å²) >= 11 is 0. The lowest BCUT2D eigenvalue weighted by Crippen LogP contribution is -2.59. The van der Waals surface area contributed by atoms with Gasteiger partial charge in [-0.1, -0.05) is 74.5 Å². The standard InChI is InChI=1S/C17H19NO.C10H16O4S/c1-13-16(19)12-18(13)17(14-8-4-2-5-9-14)15-10-6-3-7-11-15;1-9(2)7-3-4-10(9,8(11)5-7)6-15(12,13)14/h2-11,13,16-17,19H,12H2,1H3;7H,3-6H2,1-2H3,(H,12,13,14)/t13-,16+;7-,10?/m00/s1. The predicted octanol–water partition coefficient (Wildman–Crippen LogP) is 4.11. The highest BCUT2D eigenvalue weighted by Crippen LogP contribution is 2.64. The first-order valence-electron chi connectivity index (χ1n) is 12.0. The molecule has 1 saturated heterocycles. The van der Waals surface area contributed by atoms with E-state index in [2.05, 4.69) is 60.4 Å². The van der Waals surface area contributed by atoms with E-state index in [1.54, 1.807) is 0 Å².